The molecule has 1 saturated heterocycles. The van der Waals surface area contributed by atoms with Crippen LogP contribution < -0.4 is 15.5 Å². The summed E-state index contributed by atoms with van der Waals surface area (Å²) in [5.74, 6) is 0.845. The highest BCUT2D eigenvalue weighted by Gasteiger charge is 2.27. The third-order valence-electron chi connectivity index (χ3n) is 5.16. The quantitative estimate of drug-likeness (QED) is 0.539. The Bertz CT molecular complexity index is 1170. The van der Waals surface area contributed by atoms with Crippen molar-refractivity contribution in [1.82, 2.24) is 20.2 Å². The van der Waals surface area contributed by atoms with Gasteiger partial charge in [-0.1, -0.05) is 0 Å². The van der Waals surface area contributed by atoms with Gasteiger partial charge in [0.15, 0.2) is 20.5 Å². The normalized spacial score (nSPS) is 17.3. The molecule has 30 heavy (non-hydrogen) atoms. The summed E-state index contributed by atoms with van der Waals surface area (Å²) in [4.78, 5) is 11.3. The minimum absolute atomic E-state index is 0.0398. The second-order valence-electron chi connectivity index (χ2n) is 7.61. The van der Waals surface area contributed by atoms with Crippen LogP contribution in [-0.4, -0.2) is 67.2 Å². The molecule has 5 rings (SSSR count). The van der Waals surface area contributed by atoms with Crippen molar-refractivity contribution in [2.75, 3.05) is 48.1 Å². The highest BCUT2D eigenvalue weighted by molar-refractivity contribution is 7.90. The number of anilines is 4. The number of nitrogens with zero attached hydrogens (tertiary/aromatic N) is 4. The van der Waals surface area contributed by atoms with E-state index in [0.29, 0.717) is 28.8 Å². The van der Waals surface area contributed by atoms with Crippen LogP contribution in [0.1, 0.15) is 12.8 Å². The largest absolute Gasteiger partial charge is 0.378 e. The Morgan fingerprint density at radius 2 is 1.87 bits per heavy atom. The first-order chi connectivity index (χ1) is 14.5. The molecule has 0 bridgehead atoms. The molecule has 0 atom stereocenters. The highest BCUT2D eigenvalue weighted by atomic mass is 32.2. The lowest BCUT2D eigenvalue weighted by molar-refractivity contribution is 0.122. The number of fused-ring (bicyclic) bond motifs is 1. The minimum atomic E-state index is -3.51. The maximum atomic E-state index is 12.1. The molecule has 158 valence electrons. The van der Waals surface area contributed by atoms with Crippen molar-refractivity contribution in [2.24, 2.45) is 0 Å². The first kappa shape index (κ1) is 19.1. The summed E-state index contributed by atoms with van der Waals surface area (Å²) in [5, 5.41) is 13.6. The van der Waals surface area contributed by atoms with Gasteiger partial charge in [0.25, 0.3) is 0 Å². The summed E-state index contributed by atoms with van der Waals surface area (Å²) in [7, 11) is -3.51. The Labute approximate surface area is 174 Å². The fourth-order valence-electron chi connectivity index (χ4n) is 3.46. The van der Waals surface area contributed by atoms with E-state index >= 15 is 0 Å². The van der Waals surface area contributed by atoms with E-state index in [1.165, 1.54) is 0 Å². The predicted octanol–water partition coefficient (Wildman–Crippen LogP) is 1.91. The van der Waals surface area contributed by atoms with Gasteiger partial charge in [-0.15, -0.1) is 0 Å². The lowest BCUT2D eigenvalue weighted by Crippen LogP contribution is -2.36. The van der Waals surface area contributed by atoms with Crippen LogP contribution in [0.5, 0.6) is 0 Å². The second kappa shape index (κ2) is 7.40. The number of ether oxygens (including phenoxy) is 1. The molecule has 10 nitrogen and oxygen atoms in total. The maximum absolute atomic E-state index is 12.1. The molecule has 3 aromatic rings. The van der Waals surface area contributed by atoms with Gasteiger partial charge >= 0.3 is 0 Å². The first-order valence-electron chi connectivity index (χ1n) is 9.90. The van der Waals surface area contributed by atoms with E-state index in [4.69, 9.17) is 4.74 Å². The lowest BCUT2D eigenvalue weighted by Gasteiger charge is -2.28. The topological polar surface area (TPSA) is 125 Å². The molecular formula is C19H23N7O3S. The highest BCUT2D eigenvalue weighted by Crippen LogP contribution is 2.32. The van der Waals surface area contributed by atoms with E-state index in [1.54, 1.807) is 0 Å². The van der Waals surface area contributed by atoms with Crippen molar-refractivity contribution in [3.05, 3.63) is 24.3 Å². The molecule has 11 heteroatoms. The Morgan fingerprint density at radius 1 is 1.13 bits per heavy atom. The van der Waals surface area contributed by atoms with Crippen LogP contribution in [0.25, 0.3) is 11.0 Å². The molecule has 3 N–H and O–H groups in total. The van der Waals surface area contributed by atoms with Gasteiger partial charge < -0.3 is 20.3 Å². The van der Waals surface area contributed by atoms with Crippen molar-refractivity contribution in [3.8, 4) is 0 Å². The molecule has 1 saturated carbocycles. The fourth-order valence-corrected chi connectivity index (χ4v) is 4.24. The standard InChI is InChI=1S/C19H23N7O3S/c1-30(27,28)18-15-16(20-12-2-3-12)22-19(23-17(15)24-25-18)21-13-4-6-14(7-5-13)26-8-10-29-11-9-26/h4-7,12H,2-3,8-11H2,1H3,(H3,20,21,22,23,24,25). The zero-order valence-electron chi connectivity index (χ0n) is 16.6. The number of aromatic amines is 1. The van der Waals surface area contributed by atoms with Gasteiger partial charge in [-0.05, 0) is 37.1 Å². The Kier molecular flexibility index (Phi) is 4.70. The molecule has 0 unspecified atom stereocenters. The van der Waals surface area contributed by atoms with Crippen LogP contribution in [0.2, 0.25) is 0 Å². The molecule has 0 spiro atoms. The maximum Gasteiger partial charge on any atom is 0.231 e. The Balaban J connectivity index is 1.44. The molecule has 2 aromatic heterocycles. The van der Waals surface area contributed by atoms with E-state index < -0.39 is 9.84 Å². The van der Waals surface area contributed by atoms with Gasteiger partial charge in [-0.2, -0.15) is 15.1 Å². The summed E-state index contributed by atoms with van der Waals surface area (Å²) in [6.45, 7) is 3.24. The van der Waals surface area contributed by atoms with Crippen molar-refractivity contribution in [1.29, 1.82) is 0 Å². The van der Waals surface area contributed by atoms with Crippen LogP contribution in [0.3, 0.4) is 0 Å². The molecule has 0 radical (unpaired) electrons. The molecule has 0 amide bonds. The molecule has 3 heterocycles. The van der Waals surface area contributed by atoms with Crippen molar-refractivity contribution >= 4 is 44.0 Å². The summed E-state index contributed by atoms with van der Waals surface area (Å²) in [6, 6.07) is 8.34. The van der Waals surface area contributed by atoms with E-state index in [2.05, 4.69) is 35.7 Å². The SMILES string of the molecule is CS(=O)(=O)c1n[nH]c2nc(Nc3ccc(N4CCOCC4)cc3)nc(NC3CC3)c12. The Morgan fingerprint density at radius 3 is 2.53 bits per heavy atom. The van der Waals surface area contributed by atoms with E-state index in [-0.39, 0.29) is 5.03 Å². The number of hydrogen-bond acceptors (Lipinski definition) is 9. The van der Waals surface area contributed by atoms with E-state index in [9.17, 15) is 8.42 Å². The van der Waals surface area contributed by atoms with Gasteiger partial charge in [0.2, 0.25) is 5.95 Å². The molecule has 1 aliphatic carbocycles. The van der Waals surface area contributed by atoms with Crippen LogP contribution >= 0.6 is 0 Å². The van der Waals surface area contributed by atoms with Gasteiger partial charge in [-0.3, -0.25) is 5.10 Å². The number of nitrogens with one attached hydrogen (secondary N) is 3. The van der Waals surface area contributed by atoms with Crippen molar-refractivity contribution in [3.63, 3.8) is 0 Å². The zero-order chi connectivity index (χ0) is 20.7. The van der Waals surface area contributed by atoms with Crippen LogP contribution in [0.15, 0.2) is 29.3 Å². The summed E-state index contributed by atoms with van der Waals surface area (Å²) in [5.41, 5.74) is 2.36. The van der Waals surface area contributed by atoms with Gasteiger partial charge in [-0.25, -0.2) is 8.42 Å². The van der Waals surface area contributed by atoms with Gasteiger partial charge in [0.1, 0.15) is 11.2 Å². The van der Waals surface area contributed by atoms with E-state index in [1.807, 2.05) is 24.3 Å². The average Bonchev–Trinajstić information content (AvgIpc) is 3.43. The second-order valence-corrected chi connectivity index (χ2v) is 9.54. The van der Waals surface area contributed by atoms with Crippen LogP contribution in [-0.2, 0) is 14.6 Å². The predicted molar refractivity (Wildman–Crippen MR) is 114 cm³/mol. The summed E-state index contributed by atoms with van der Waals surface area (Å²) >= 11 is 0. The number of hydrogen-bond donors (Lipinski definition) is 3. The van der Waals surface area contributed by atoms with Gasteiger partial charge in [0, 0.05) is 36.8 Å². The third kappa shape index (κ3) is 3.90. The number of aromatic nitrogens is 4. The molecule has 2 fully saturated rings. The lowest BCUT2D eigenvalue weighted by atomic mass is 10.2. The van der Waals surface area contributed by atoms with Gasteiger partial charge in [0.05, 0.1) is 13.2 Å². The third-order valence-corrected chi connectivity index (χ3v) is 6.15. The number of benzene rings is 1. The molecule has 1 aromatic carbocycles. The number of rotatable bonds is 6. The van der Waals surface area contributed by atoms with E-state index in [0.717, 1.165) is 56.8 Å². The summed E-state index contributed by atoms with van der Waals surface area (Å²) in [6.07, 6.45) is 3.19. The number of morpholine rings is 1. The average molecular weight is 430 g/mol. The molecule has 2 aliphatic rings. The minimum Gasteiger partial charge on any atom is -0.378 e. The fraction of sp³-hybridized carbons (Fsp3) is 0.421. The first-order valence-corrected chi connectivity index (χ1v) is 11.8. The molecular weight excluding hydrogens is 406 g/mol. The number of H-pyrrole nitrogens is 1. The van der Waals surface area contributed by atoms with Crippen molar-refractivity contribution in [2.45, 2.75) is 23.9 Å². The van der Waals surface area contributed by atoms with Crippen LogP contribution in [0, 0.1) is 0 Å². The number of sulfone groups is 1. The monoisotopic (exact) mass is 429 g/mol. The Hall–Kier alpha value is -2.92. The zero-order valence-corrected chi connectivity index (χ0v) is 17.4. The smallest absolute Gasteiger partial charge is 0.231 e. The summed E-state index contributed by atoms with van der Waals surface area (Å²) < 4.78 is 29.6. The molecule has 1 aliphatic heterocycles. The van der Waals surface area contributed by atoms with Crippen LogP contribution in [0.4, 0.5) is 23.1 Å². The van der Waals surface area contributed by atoms with Crippen molar-refractivity contribution < 1.29 is 13.2 Å².